The van der Waals surface area contributed by atoms with Crippen LogP contribution >= 0.6 is 15.9 Å². The van der Waals surface area contributed by atoms with E-state index < -0.39 is 0 Å². The first-order valence-corrected chi connectivity index (χ1v) is 5.66. The Kier molecular flexibility index (Phi) is 3.29. The van der Waals surface area contributed by atoms with Crippen LogP contribution < -0.4 is 0 Å². The predicted octanol–water partition coefficient (Wildman–Crippen LogP) is 3.28. The van der Waals surface area contributed by atoms with Gasteiger partial charge in [0.05, 0.1) is 5.69 Å². The van der Waals surface area contributed by atoms with Crippen LogP contribution in [0.25, 0.3) is 0 Å². The molecule has 0 aliphatic rings. The van der Waals surface area contributed by atoms with Gasteiger partial charge < -0.3 is 0 Å². The molecule has 82 valence electrons. The lowest BCUT2D eigenvalue weighted by atomic mass is 10.1. The number of hydrogen-bond donors (Lipinski definition) is 0. The second-order valence-corrected chi connectivity index (χ2v) is 4.34. The summed E-state index contributed by atoms with van der Waals surface area (Å²) < 4.78 is 13.8. The van der Waals surface area contributed by atoms with Gasteiger partial charge in [-0.1, -0.05) is 29.8 Å². The van der Waals surface area contributed by atoms with E-state index in [4.69, 9.17) is 0 Å². The van der Waals surface area contributed by atoms with Crippen molar-refractivity contribution in [2.24, 2.45) is 0 Å². The largest absolute Gasteiger partial charge is 0.238 e. The number of aryl methyl sites for hydroxylation is 1. The molecule has 2 aromatic rings. The molecule has 0 spiro atoms. The molecule has 0 saturated carbocycles. The summed E-state index contributed by atoms with van der Waals surface area (Å²) in [4.78, 5) is 7.68. The fraction of sp³-hybridized carbons (Fsp3) is 0.167. The van der Waals surface area contributed by atoms with Crippen molar-refractivity contribution in [2.75, 3.05) is 0 Å². The third kappa shape index (κ3) is 2.44. The summed E-state index contributed by atoms with van der Waals surface area (Å²) in [5, 5.41) is 0. The van der Waals surface area contributed by atoms with E-state index in [1.807, 2.05) is 31.2 Å². The van der Waals surface area contributed by atoms with Crippen LogP contribution in [0.15, 0.2) is 35.2 Å². The monoisotopic (exact) mass is 280 g/mol. The number of benzene rings is 1. The van der Waals surface area contributed by atoms with Crippen LogP contribution in [0.1, 0.15) is 16.8 Å². The molecule has 16 heavy (non-hydrogen) atoms. The highest BCUT2D eigenvalue weighted by Crippen LogP contribution is 2.17. The van der Waals surface area contributed by atoms with Gasteiger partial charge in [-0.3, -0.25) is 0 Å². The number of halogens is 2. The predicted molar refractivity (Wildman–Crippen MR) is 63.7 cm³/mol. The van der Waals surface area contributed by atoms with E-state index in [2.05, 4.69) is 25.9 Å². The first kappa shape index (κ1) is 11.2. The molecule has 0 unspecified atom stereocenters. The Labute approximate surface area is 102 Å². The van der Waals surface area contributed by atoms with Gasteiger partial charge in [0.25, 0.3) is 0 Å². The quantitative estimate of drug-likeness (QED) is 0.789. The lowest BCUT2D eigenvalue weighted by Gasteiger charge is -2.04. The van der Waals surface area contributed by atoms with Gasteiger partial charge in [0.1, 0.15) is 10.9 Å². The van der Waals surface area contributed by atoms with Crippen molar-refractivity contribution in [1.29, 1.82) is 0 Å². The van der Waals surface area contributed by atoms with E-state index in [9.17, 15) is 4.39 Å². The van der Waals surface area contributed by atoms with Crippen molar-refractivity contribution in [2.45, 2.75) is 13.3 Å². The van der Waals surface area contributed by atoms with Gasteiger partial charge in [-0.2, -0.15) is 0 Å². The summed E-state index contributed by atoms with van der Waals surface area (Å²) in [6, 6.07) is 7.95. The van der Waals surface area contributed by atoms with E-state index in [1.165, 1.54) is 6.33 Å². The molecule has 2 rings (SSSR count). The number of nitrogens with zero attached hydrogens (tertiary/aromatic N) is 2. The Balaban J connectivity index is 2.31. The number of hydrogen-bond acceptors (Lipinski definition) is 2. The Morgan fingerprint density at radius 2 is 2.12 bits per heavy atom. The molecule has 2 nitrogen and oxygen atoms in total. The molecule has 0 bridgehead atoms. The van der Waals surface area contributed by atoms with E-state index >= 15 is 0 Å². The third-order valence-electron chi connectivity index (χ3n) is 2.27. The average molecular weight is 281 g/mol. The Morgan fingerprint density at radius 3 is 2.88 bits per heavy atom. The van der Waals surface area contributed by atoms with Crippen LogP contribution in [0.3, 0.4) is 0 Å². The molecule has 0 radical (unpaired) electrons. The van der Waals surface area contributed by atoms with Crippen molar-refractivity contribution in [1.82, 2.24) is 9.97 Å². The van der Waals surface area contributed by atoms with Crippen LogP contribution in [0.4, 0.5) is 4.39 Å². The molecule has 0 aliphatic heterocycles. The maximum Gasteiger partial charge on any atom is 0.177 e. The molecule has 1 aromatic heterocycles. The summed E-state index contributed by atoms with van der Waals surface area (Å²) in [5.41, 5.74) is 2.61. The van der Waals surface area contributed by atoms with Gasteiger partial charge in [-0.05, 0) is 28.4 Å². The maximum atomic E-state index is 13.6. The summed E-state index contributed by atoms with van der Waals surface area (Å²) in [5.74, 6) is -0.385. The zero-order chi connectivity index (χ0) is 11.5. The van der Waals surface area contributed by atoms with Crippen molar-refractivity contribution in [3.05, 3.63) is 57.8 Å². The first-order chi connectivity index (χ1) is 7.66. The Bertz CT molecular complexity index is 514. The second-order valence-electron chi connectivity index (χ2n) is 3.59. The third-order valence-corrected chi connectivity index (χ3v) is 2.83. The first-order valence-electron chi connectivity index (χ1n) is 4.87. The van der Waals surface area contributed by atoms with Crippen molar-refractivity contribution >= 4 is 15.9 Å². The summed E-state index contributed by atoms with van der Waals surface area (Å²) in [7, 11) is 0. The fourth-order valence-electron chi connectivity index (χ4n) is 1.52. The van der Waals surface area contributed by atoms with Crippen LogP contribution in [-0.4, -0.2) is 9.97 Å². The van der Waals surface area contributed by atoms with Gasteiger partial charge in [0, 0.05) is 6.42 Å². The molecule has 4 heteroatoms. The van der Waals surface area contributed by atoms with Crippen LogP contribution in [0.5, 0.6) is 0 Å². The minimum Gasteiger partial charge on any atom is -0.238 e. The van der Waals surface area contributed by atoms with Crippen molar-refractivity contribution in [3.63, 3.8) is 0 Å². The van der Waals surface area contributed by atoms with Crippen molar-refractivity contribution < 1.29 is 4.39 Å². The molecular weight excluding hydrogens is 271 g/mol. The zero-order valence-electron chi connectivity index (χ0n) is 8.74. The molecule has 0 amide bonds. The molecule has 0 saturated heterocycles. The highest BCUT2D eigenvalue weighted by atomic mass is 79.9. The van der Waals surface area contributed by atoms with Gasteiger partial charge in [-0.25, -0.2) is 14.4 Å². The molecule has 0 atom stereocenters. The van der Waals surface area contributed by atoms with E-state index in [1.54, 1.807) is 0 Å². The number of rotatable bonds is 2. The molecule has 1 aromatic carbocycles. The molecule has 1 heterocycles. The molecule has 0 aliphatic carbocycles. The highest BCUT2D eigenvalue weighted by Gasteiger charge is 2.09. The standard InChI is InChI=1S/C12H10BrFN2/c1-8-3-2-4-9(5-8)6-10-11(14)12(13)16-7-15-10/h2-5,7H,6H2,1H3. The second kappa shape index (κ2) is 4.70. The van der Waals surface area contributed by atoms with E-state index in [0.29, 0.717) is 12.1 Å². The summed E-state index contributed by atoms with van der Waals surface area (Å²) in [6.45, 7) is 2.01. The Hall–Kier alpha value is -1.29. The molecular formula is C12H10BrFN2. The van der Waals surface area contributed by atoms with Gasteiger partial charge in [-0.15, -0.1) is 0 Å². The van der Waals surface area contributed by atoms with Crippen molar-refractivity contribution in [3.8, 4) is 0 Å². The zero-order valence-corrected chi connectivity index (χ0v) is 10.3. The normalized spacial score (nSPS) is 10.4. The average Bonchev–Trinajstić information content (AvgIpc) is 2.25. The minimum atomic E-state index is -0.385. The summed E-state index contributed by atoms with van der Waals surface area (Å²) in [6.07, 6.45) is 1.84. The maximum absolute atomic E-state index is 13.6. The fourth-order valence-corrected chi connectivity index (χ4v) is 1.84. The lowest BCUT2D eigenvalue weighted by Crippen LogP contribution is -1.99. The van der Waals surface area contributed by atoms with E-state index in [-0.39, 0.29) is 10.4 Å². The van der Waals surface area contributed by atoms with Crippen LogP contribution in [-0.2, 0) is 6.42 Å². The Morgan fingerprint density at radius 1 is 1.31 bits per heavy atom. The molecule has 0 N–H and O–H groups in total. The van der Waals surface area contributed by atoms with Crippen LogP contribution in [0, 0.1) is 12.7 Å². The highest BCUT2D eigenvalue weighted by molar-refractivity contribution is 9.10. The van der Waals surface area contributed by atoms with Gasteiger partial charge in [0.15, 0.2) is 5.82 Å². The minimum absolute atomic E-state index is 0.213. The summed E-state index contributed by atoms with van der Waals surface area (Å²) >= 11 is 3.05. The van der Waals surface area contributed by atoms with Crippen LogP contribution in [0.2, 0.25) is 0 Å². The van der Waals surface area contributed by atoms with Gasteiger partial charge >= 0.3 is 0 Å². The topological polar surface area (TPSA) is 25.8 Å². The SMILES string of the molecule is Cc1cccc(Cc2ncnc(Br)c2F)c1. The lowest BCUT2D eigenvalue weighted by molar-refractivity contribution is 0.587. The van der Waals surface area contributed by atoms with E-state index in [0.717, 1.165) is 11.1 Å². The van der Waals surface area contributed by atoms with Gasteiger partial charge in [0.2, 0.25) is 0 Å². The number of aromatic nitrogens is 2. The smallest absolute Gasteiger partial charge is 0.177 e. The molecule has 0 fully saturated rings.